The molecule has 216 valence electrons. The molecule has 2 saturated heterocycles. The van der Waals surface area contributed by atoms with Gasteiger partial charge in [-0.05, 0) is 12.1 Å². The van der Waals surface area contributed by atoms with E-state index in [1.807, 2.05) is 4.90 Å². The van der Waals surface area contributed by atoms with Gasteiger partial charge in [0.05, 0.1) is 43.1 Å². The molecule has 41 heavy (non-hydrogen) atoms. The first kappa shape index (κ1) is 28.0. The number of pyridine rings is 1. The maximum absolute atomic E-state index is 15.3. The van der Waals surface area contributed by atoms with E-state index < -0.39 is 36.4 Å². The number of nitrogens with zero attached hydrogens (tertiary/aromatic N) is 7. The molecule has 0 unspecified atom stereocenters. The molecule has 0 saturated carbocycles. The number of nitrogens with one attached hydrogen (secondary N) is 1. The van der Waals surface area contributed by atoms with E-state index in [9.17, 15) is 18.8 Å². The summed E-state index contributed by atoms with van der Waals surface area (Å²) in [6.07, 6.45) is 3.57. The van der Waals surface area contributed by atoms with E-state index in [0.717, 1.165) is 17.0 Å². The van der Waals surface area contributed by atoms with Crippen LogP contribution in [-0.2, 0) is 22.8 Å². The van der Waals surface area contributed by atoms with Gasteiger partial charge in [0, 0.05) is 50.7 Å². The van der Waals surface area contributed by atoms with Gasteiger partial charge < -0.3 is 15.0 Å². The molecular weight excluding hydrogens is 545 g/mol. The Morgan fingerprint density at radius 2 is 1.88 bits per heavy atom. The molecule has 12 nitrogen and oxygen atoms in total. The summed E-state index contributed by atoms with van der Waals surface area (Å²) in [5.41, 5.74) is 0.236. The van der Waals surface area contributed by atoms with Gasteiger partial charge >= 0.3 is 6.09 Å². The fourth-order valence-electron chi connectivity index (χ4n) is 4.82. The molecule has 3 aromatic rings. The Kier molecular flexibility index (Phi) is 8.42. The zero-order valence-corrected chi connectivity index (χ0v) is 21.9. The van der Waals surface area contributed by atoms with E-state index in [-0.39, 0.29) is 62.2 Å². The summed E-state index contributed by atoms with van der Waals surface area (Å²) in [6, 6.07) is 4.74. The van der Waals surface area contributed by atoms with Crippen LogP contribution in [0.2, 0.25) is 0 Å². The number of rotatable bonds is 10. The van der Waals surface area contributed by atoms with Crippen molar-refractivity contribution in [1.82, 2.24) is 30.2 Å². The van der Waals surface area contributed by atoms with Gasteiger partial charge in [-0.25, -0.2) is 22.6 Å². The fraction of sp³-hybridized carbons (Fsp3) is 0.385. The molecule has 5 rings (SSSR count). The van der Waals surface area contributed by atoms with E-state index >= 15 is 8.78 Å². The molecular formula is C26H27F3N8O4. The highest BCUT2D eigenvalue weighted by molar-refractivity contribution is 5.96. The van der Waals surface area contributed by atoms with Crippen molar-refractivity contribution in [3.63, 3.8) is 0 Å². The lowest BCUT2D eigenvalue weighted by molar-refractivity contribution is -0.119. The van der Waals surface area contributed by atoms with Crippen LogP contribution in [0.15, 0.2) is 42.9 Å². The Balaban J connectivity index is 1.17. The minimum atomic E-state index is -0.846. The van der Waals surface area contributed by atoms with E-state index in [1.165, 1.54) is 17.1 Å². The number of piperazine rings is 1. The molecule has 15 heteroatoms. The second-order valence-corrected chi connectivity index (χ2v) is 9.65. The van der Waals surface area contributed by atoms with Crippen molar-refractivity contribution < 1.29 is 32.3 Å². The molecule has 0 radical (unpaired) electrons. The van der Waals surface area contributed by atoms with E-state index in [0.29, 0.717) is 18.7 Å². The van der Waals surface area contributed by atoms with Gasteiger partial charge in [-0.15, -0.1) is 5.10 Å². The van der Waals surface area contributed by atoms with Crippen molar-refractivity contribution in [2.75, 3.05) is 55.7 Å². The van der Waals surface area contributed by atoms with Crippen LogP contribution in [0.5, 0.6) is 0 Å². The number of anilines is 2. The Bertz CT molecular complexity index is 1390. The smallest absolute Gasteiger partial charge is 0.414 e. The van der Waals surface area contributed by atoms with Gasteiger partial charge in [-0.3, -0.25) is 24.4 Å². The normalized spacial score (nSPS) is 17.5. The lowest BCUT2D eigenvalue weighted by Crippen LogP contribution is -2.49. The highest BCUT2D eigenvalue weighted by Crippen LogP contribution is 2.32. The first-order valence-electron chi connectivity index (χ1n) is 12.9. The lowest BCUT2D eigenvalue weighted by atomic mass is 10.1. The number of carbonyl (C=O) groups excluding carboxylic acids is 3. The molecule has 1 N–H and O–H groups in total. The van der Waals surface area contributed by atoms with Gasteiger partial charge in [0.25, 0.3) is 5.91 Å². The average Bonchev–Trinajstić information content (AvgIpc) is 3.58. The third kappa shape index (κ3) is 6.45. The van der Waals surface area contributed by atoms with Crippen LogP contribution in [0.25, 0.3) is 0 Å². The van der Waals surface area contributed by atoms with Crippen molar-refractivity contribution in [3.05, 3.63) is 65.7 Å². The van der Waals surface area contributed by atoms with Crippen LogP contribution in [0, 0.1) is 11.6 Å². The van der Waals surface area contributed by atoms with E-state index in [2.05, 4.69) is 20.6 Å². The molecule has 0 spiro atoms. The molecule has 0 aliphatic carbocycles. The molecule has 1 aromatic carbocycles. The van der Waals surface area contributed by atoms with Crippen molar-refractivity contribution in [2.24, 2.45) is 0 Å². The van der Waals surface area contributed by atoms with Crippen LogP contribution in [0.3, 0.4) is 0 Å². The van der Waals surface area contributed by atoms with Crippen LogP contribution >= 0.6 is 0 Å². The number of aromatic nitrogens is 4. The maximum atomic E-state index is 15.3. The summed E-state index contributed by atoms with van der Waals surface area (Å²) in [4.78, 5) is 45.3. The average molecular weight is 573 g/mol. The number of cyclic esters (lactones) is 1. The van der Waals surface area contributed by atoms with Gasteiger partial charge in [0.1, 0.15) is 24.7 Å². The van der Waals surface area contributed by atoms with Gasteiger partial charge in [0.2, 0.25) is 0 Å². The zero-order valence-electron chi connectivity index (χ0n) is 21.9. The van der Waals surface area contributed by atoms with E-state index in [4.69, 9.17) is 4.74 Å². The van der Waals surface area contributed by atoms with Crippen molar-refractivity contribution >= 4 is 29.2 Å². The summed E-state index contributed by atoms with van der Waals surface area (Å²) in [5, 5.41) is 10.0. The predicted molar refractivity (Wildman–Crippen MR) is 139 cm³/mol. The number of amides is 2. The molecule has 2 aliphatic heterocycles. The molecule has 4 heterocycles. The molecule has 2 amide bonds. The molecule has 2 aliphatic rings. The first-order chi connectivity index (χ1) is 19.8. The number of Topliss-reactive ketones (excluding diaryl/α,β-unsaturated/α-hetero) is 1. The largest absolute Gasteiger partial charge is 0.447 e. The minimum absolute atomic E-state index is 0.0142. The van der Waals surface area contributed by atoms with Crippen LogP contribution in [0.1, 0.15) is 16.1 Å². The maximum Gasteiger partial charge on any atom is 0.414 e. The first-order valence-corrected chi connectivity index (χ1v) is 12.9. The van der Waals surface area contributed by atoms with Crippen LogP contribution in [-0.4, -0.2) is 94.6 Å². The third-order valence-electron chi connectivity index (χ3n) is 6.82. The lowest BCUT2D eigenvalue weighted by Gasteiger charge is -2.36. The number of ketones is 1. The summed E-state index contributed by atoms with van der Waals surface area (Å²) in [7, 11) is 0. The Labute approximate surface area is 232 Å². The monoisotopic (exact) mass is 572 g/mol. The topological polar surface area (TPSA) is 126 Å². The van der Waals surface area contributed by atoms with Gasteiger partial charge in [0.15, 0.2) is 17.4 Å². The minimum Gasteiger partial charge on any atom is -0.447 e. The highest BCUT2D eigenvalue weighted by Gasteiger charge is 2.36. The molecule has 2 aromatic heterocycles. The van der Waals surface area contributed by atoms with Crippen molar-refractivity contribution in [2.45, 2.75) is 19.3 Å². The summed E-state index contributed by atoms with van der Waals surface area (Å²) in [5.74, 6) is -2.29. The number of ether oxygens (including phenoxy) is 1. The highest BCUT2D eigenvalue weighted by atomic mass is 19.1. The number of carbonyl (C=O) groups is 3. The second kappa shape index (κ2) is 12.3. The molecule has 2 fully saturated rings. The second-order valence-electron chi connectivity index (χ2n) is 9.65. The zero-order chi connectivity index (χ0) is 28.9. The number of benzene rings is 1. The van der Waals surface area contributed by atoms with Crippen LogP contribution in [0.4, 0.5) is 29.3 Å². The van der Waals surface area contributed by atoms with Crippen molar-refractivity contribution in [3.8, 4) is 0 Å². The van der Waals surface area contributed by atoms with Gasteiger partial charge in [-0.1, -0.05) is 5.21 Å². The number of hydrogen-bond donors (Lipinski definition) is 1. The number of halogens is 3. The Hall–Kier alpha value is -4.53. The molecule has 0 bridgehead atoms. The fourth-order valence-corrected chi connectivity index (χ4v) is 4.82. The Morgan fingerprint density at radius 3 is 2.54 bits per heavy atom. The third-order valence-corrected chi connectivity index (χ3v) is 6.82. The Morgan fingerprint density at radius 1 is 1.12 bits per heavy atom. The summed E-state index contributed by atoms with van der Waals surface area (Å²) in [6.45, 7) is 0.483. The quantitative estimate of drug-likeness (QED) is 0.385. The summed E-state index contributed by atoms with van der Waals surface area (Å²) < 4.78 is 49.8. The predicted octanol–water partition coefficient (Wildman–Crippen LogP) is 1.57. The van der Waals surface area contributed by atoms with E-state index in [1.54, 1.807) is 23.2 Å². The van der Waals surface area contributed by atoms with Crippen molar-refractivity contribution in [1.29, 1.82) is 0 Å². The standard InChI is InChI=1S/C26H27F3N8O4/c27-10-18-13-36(33-32-18)14-20-16-41-26(40)37(20)19-8-22(28)24(23(29)9-19)35-6-4-34(5-7-35)15-21(38)12-31-25(39)17-2-1-3-30-11-17/h1-3,8-9,11,13,20H,4-7,10,12,14-16H2,(H,31,39)/t20-/m1/s1. The van der Waals surface area contributed by atoms with Crippen LogP contribution < -0.4 is 15.1 Å². The molecule has 1 atom stereocenters. The number of alkyl halides is 1. The van der Waals surface area contributed by atoms with Gasteiger partial charge in [-0.2, -0.15) is 0 Å². The summed E-state index contributed by atoms with van der Waals surface area (Å²) >= 11 is 0. The SMILES string of the molecule is O=C(CNC(=O)c1cccnc1)CN1CCN(c2c(F)cc(N3C(=O)OC[C@H]3Cn3cc(CF)nn3)cc2F)CC1. The number of hydrogen-bond acceptors (Lipinski definition) is 9.